The lowest BCUT2D eigenvalue weighted by Crippen LogP contribution is -2.55. The SMILES string of the molecule is CS(=O)(=O)N(CC(=O)N(Cc1ccc(F)cc1)[C@H](Cc1ccccc1)C(=O)NC1CCCCC1)c1ccccc1. The predicted octanol–water partition coefficient (Wildman–Crippen LogP) is 4.68. The highest BCUT2D eigenvalue weighted by molar-refractivity contribution is 7.92. The van der Waals surface area contributed by atoms with Crippen LogP contribution in [0.5, 0.6) is 0 Å². The molecule has 212 valence electrons. The second-order valence-electron chi connectivity index (χ2n) is 10.3. The molecule has 3 aromatic carbocycles. The number of para-hydroxylation sites is 1. The molecule has 7 nitrogen and oxygen atoms in total. The number of hydrogen-bond acceptors (Lipinski definition) is 4. The molecule has 9 heteroatoms. The number of carbonyl (C=O) groups excluding carboxylic acids is 2. The molecule has 2 amide bonds. The Morgan fingerprint density at radius 1 is 0.875 bits per heavy atom. The van der Waals surface area contributed by atoms with Gasteiger partial charge in [-0.1, -0.05) is 79.9 Å². The van der Waals surface area contributed by atoms with Crippen LogP contribution in [0, 0.1) is 5.82 Å². The highest BCUT2D eigenvalue weighted by Crippen LogP contribution is 2.22. The number of amides is 2. The van der Waals surface area contributed by atoms with Crippen LogP contribution in [0.3, 0.4) is 0 Å². The summed E-state index contributed by atoms with van der Waals surface area (Å²) < 4.78 is 40.3. The van der Waals surface area contributed by atoms with Crippen LogP contribution in [-0.4, -0.2) is 50.0 Å². The maximum Gasteiger partial charge on any atom is 0.244 e. The molecule has 0 saturated heterocycles. The smallest absolute Gasteiger partial charge is 0.244 e. The predicted molar refractivity (Wildman–Crippen MR) is 155 cm³/mol. The molecule has 0 aliphatic heterocycles. The standard InChI is InChI=1S/C31H36FN3O4S/c1-40(38,39)35(28-15-9-4-10-16-28)23-30(36)34(22-25-17-19-26(32)20-18-25)29(21-24-11-5-2-6-12-24)31(37)33-27-13-7-3-8-14-27/h2,4-6,9-12,15-20,27,29H,3,7-8,13-14,21-23H2,1H3,(H,33,37)/t29-/m1/s1. The normalized spacial score (nSPS) is 14.8. The summed E-state index contributed by atoms with van der Waals surface area (Å²) in [5.74, 6) is -1.22. The lowest BCUT2D eigenvalue weighted by Gasteiger charge is -2.35. The molecule has 0 aromatic heterocycles. The van der Waals surface area contributed by atoms with Crippen LogP contribution in [0.25, 0.3) is 0 Å². The fourth-order valence-corrected chi connectivity index (χ4v) is 5.94. The summed E-state index contributed by atoms with van der Waals surface area (Å²) >= 11 is 0. The first kappa shape index (κ1) is 29.3. The van der Waals surface area contributed by atoms with Crippen LogP contribution < -0.4 is 9.62 Å². The number of nitrogens with one attached hydrogen (secondary N) is 1. The van der Waals surface area contributed by atoms with Crippen molar-refractivity contribution in [2.75, 3.05) is 17.1 Å². The Balaban J connectivity index is 1.70. The number of hydrogen-bond donors (Lipinski definition) is 1. The maximum atomic E-state index is 14.0. The molecular weight excluding hydrogens is 529 g/mol. The largest absolute Gasteiger partial charge is 0.352 e. The fourth-order valence-electron chi connectivity index (χ4n) is 5.09. The summed E-state index contributed by atoms with van der Waals surface area (Å²) in [5.41, 5.74) is 1.85. The van der Waals surface area contributed by atoms with Gasteiger partial charge in [0.25, 0.3) is 0 Å². The van der Waals surface area contributed by atoms with Crippen LogP contribution in [0.2, 0.25) is 0 Å². The molecular formula is C31H36FN3O4S. The van der Waals surface area contributed by atoms with Crippen LogP contribution in [0.15, 0.2) is 84.9 Å². The zero-order valence-corrected chi connectivity index (χ0v) is 23.5. The van der Waals surface area contributed by atoms with Crippen molar-refractivity contribution in [2.24, 2.45) is 0 Å². The lowest BCUT2D eigenvalue weighted by molar-refractivity contribution is -0.140. The minimum Gasteiger partial charge on any atom is -0.352 e. The molecule has 1 aliphatic carbocycles. The third-order valence-corrected chi connectivity index (χ3v) is 8.35. The summed E-state index contributed by atoms with van der Waals surface area (Å²) in [6.45, 7) is -0.465. The summed E-state index contributed by atoms with van der Waals surface area (Å²) in [5, 5.41) is 3.16. The van der Waals surface area contributed by atoms with Gasteiger partial charge in [-0.3, -0.25) is 13.9 Å². The van der Waals surface area contributed by atoms with E-state index in [9.17, 15) is 22.4 Å². The van der Waals surface area contributed by atoms with Gasteiger partial charge in [0.2, 0.25) is 21.8 Å². The molecule has 1 atom stereocenters. The number of nitrogens with zero attached hydrogens (tertiary/aromatic N) is 2. The minimum absolute atomic E-state index is 0.0150. The van der Waals surface area contributed by atoms with Gasteiger partial charge in [-0.15, -0.1) is 0 Å². The van der Waals surface area contributed by atoms with Gasteiger partial charge in [0.1, 0.15) is 18.4 Å². The quantitative estimate of drug-likeness (QED) is 0.366. The number of carbonyl (C=O) groups is 2. The Morgan fingerprint density at radius 2 is 1.48 bits per heavy atom. The van der Waals surface area contributed by atoms with Crippen molar-refractivity contribution >= 4 is 27.5 Å². The molecule has 0 radical (unpaired) electrons. The van der Waals surface area contributed by atoms with Crippen LogP contribution in [0.4, 0.5) is 10.1 Å². The Morgan fingerprint density at radius 3 is 2.08 bits per heavy atom. The van der Waals surface area contributed by atoms with Crippen molar-refractivity contribution in [3.8, 4) is 0 Å². The number of benzene rings is 3. The first-order chi connectivity index (χ1) is 19.2. The van der Waals surface area contributed by atoms with Gasteiger partial charge in [-0.05, 0) is 48.2 Å². The number of rotatable bonds is 11. The molecule has 40 heavy (non-hydrogen) atoms. The van der Waals surface area contributed by atoms with E-state index in [-0.39, 0.29) is 24.9 Å². The van der Waals surface area contributed by atoms with E-state index in [2.05, 4.69) is 5.32 Å². The number of halogens is 1. The molecule has 4 rings (SSSR count). The summed E-state index contributed by atoms with van der Waals surface area (Å²) in [6, 6.07) is 22.7. The van der Waals surface area contributed by atoms with E-state index in [1.54, 1.807) is 42.5 Å². The average molecular weight is 566 g/mol. The van der Waals surface area contributed by atoms with Gasteiger partial charge in [0, 0.05) is 19.0 Å². The Labute approximate surface area is 236 Å². The maximum absolute atomic E-state index is 14.0. The van der Waals surface area contributed by atoms with Gasteiger partial charge >= 0.3 is 0 Å². The lowest BCUT2D eigenvalue weighted by atomic mass is 9.94. The number of anilines is 1. The van der Waals surface area contributed by atoms with Crippen LogP contribution in [0.1, 0.15) is 43.2 Å². The topological polar surface area (TPSA) is 86.8 Å². The zero-order valence-electron chi connectivity index (χ0n) is 22.7. The van der Waals surface area contributed by atoms with Gasteiger partial charge in [0.05, 0.1) is 11.9 Å². The molecule has 0 unspecified atom stereocenters. The van der Waals surface area contributed by atoms with E-state index >= 15 is 0 Å². The summed E-state index contributed by atoms with van der Waals surface area (Å²) in [7, 11) is -3.82. The van der Waals surface area contributed by atoms with E-state index in [0.29, 0.717) is 11.3 Å². The van der Waals surface area contributed by atoms with Gasteiger partial charge in [-0.25, -0.2) is 12.8 Å². The summed E-state index contributed by atoms with van der Waals surface area (Å²) in [4.78, 5) is 29.3. The molecule has 1 fully saturated rings. The molecule has 3 aromatic rings. The second-order valence-corrected chi connectivity index (χ2v) is 12.2. The van der Waals surface area contributed by atoms with Crippen molar-refractivity contribution in [1.82, 2.24) is 10.2 Å². The van der Waals surface area contributed by atoms with Crippen LogP contribution in [-0.2, 0) is 32.6 Å². The third-order valence-electron chi connectivity index (χ3n) is 7.21. The van der Waals surface area contributed by atoms with Gasteiger partial charge in [0.15, 0.2) is 0 Å². The molecule has 0 bridgehead atoms. The molecule has 0 heterocycles. The molecule has 0 spiro atoms. The van der Waals surface area contributed by atoms with Crippen molar-refractivity contribution < 1.29 is 22.4 Å². The first-order valence-electron chi connectivity index (χ1n) is 13.6. The molecule has 1 aliphatic rings. The minimum atomic E-state index is -3.82. The zero-order chi connectivity index (χ0) is 28.5. The van der Waals surface area contributed by atoms with Gasteiger partial charge < -0.3 is 10.2 Å². The molecule has 1 N–H and O–H groups in total. The Kier molecular flexibility index (Phi) is 9.93. The van der Waals surface area contributed by atoms with Crippen molar-refractivity contribution in [1.29, 1.82) is 0 Å². The van der Waals surface area contributed by atoms with Crippen LogP contribution >= 0.6 is 0 Å². The van der Waals surface area contributed by atoms with Crippen molar-refractivity contribution in [3.05, 3.63) is 102 Å². The Bertz CT molecular complexity index is 1360. The Hall–Kier alpha value is -3.72. The van der Waals surface area contributed by atoms with Crippen molar-refractivity contribution in [3.63, 3.8) is 0 Å². The van der Waals surface area contributed by atoms with E-state index in [1.165, 1.54) is 17.0 Å². The van der Waals surface area contributed by atoms with E-state index in [4.69, 9.17) is 0 Å². The highest BCUT2D eigenvalue weighted by atomic mass is 32.2. The fraction of sp³-hybridized carbons (Fsp3) is 0.355. The monoisotopic (exact) mass is 565 g/mol. The third kappa shape index (κ3) is 8.14. The van der Waals surface area contributed by atoms with E-state index in [0.717, 1.165) is 48.2 Å². The molecule has 1 saturated carbocycles. The van der Waals surface area contributed by atoms with E-state index in [1.807, 2.05) is 30.3 Å². The van der Waals surface area contributed by atoms with E-state index < -0.39 is 34.3 Å². The van der Waals surface area contributed by atoms with Gasteiger partial charge in [-0.2, -0.15) is 0 Å². The number of sulfonamides is 1. The van der Waals surface area contributed by atoms with Crippen molar-refractivity contribution in [2.45, 2.75) is 57.2 Å². The average Bonchev–Trinajstić information content (AvgIpc) is 2.95. The second kappa shape index (κ2) is 13.6. The highest BCUT2D eigenvalue weighted by Gasteiger charge is 2.34. The summed E-state index contributed by atoms with van der Waals surface area (Å²) in [6.07, 6.45) is 6.26. The first-order valence-corrected chi connectivity index (χ1v) is 15.5.